The van der Waals surface area contributed by atoms with E-state index in [4.69, 9.17) is 0 Å². The van der Waals surface area contributed by atoms with Crippen molar-refractivity contribution in [1.82, 2.24) is 10.2 Å². The van der Waals surface area contributed by atoms with Crippen LogP contribution >= 0.6 is 12.4 Å². The molecular weight excluding hydrogens is 363 g/mol. The first kappa shape index (κ1) is 21.4. The lowest BCUT2D eigenvalue weighted by Gasteiger charge is -2.26. The van der Waals surface area contributed by atoms with Gasteiger partial charge in [0.15, 0.2) is 0 Å². The van der Waals surface area contributed by atoms with Gasteiger partial charge in [-0.05, 0) is 49.9 Å². The Labute approximate surface area is 167 Å². The molecule has 0 spiro atoms. The molecule has 1 N–H and O–H groups in total. The molecule has 0 atom stereocenters. The van der Waals surface area contributed by atoms with Gasteiger partial charge < -0.3 is 10.2 Å². The van der Waals surface area contributed by atoms with Crippen LogP contribution in [-0.2, 0) is 17.9 Å². The Kier molecular flexibility index (Phi) is 8.76. The Hall–Kier alpha value is -1.91. The minimum Gasteiger partial charge on any atom is -0.334 e. The first-order valence-corrected chi connectivity index (χ1v) is 9.48. The maximum atomic E-state index is 14.1. The fourth-order valence-electron chi connectivity index (χ4n) is 3.52. The lowest BCUT2D eigenvalue weighted by Crippen LogP contribution is -2.32. The van der Waals surface area contributed by atoms with E-state index in [-0.39, 0.29) is 24.1 Å². The minimum atomic E-state index is -0.253. The van der Waals surface area contributed by atoms with Crippen LogP contribution in [0.2, 0.25) is 0 Å². The van der Waals surface area contributed by atoms with Crippen molar-refractivity contribution in [3.05, 3.63) is 71.5 Å². The SMILES string of the molecule is Cl.O=C(CCC1CCNCC1)N(Cc1ccccc1)Cc1ccccc1F. The second-order valence-electron chi connectivity index (χ2n) is 7.06. The van der Waals surface area contributed by atoms with E-state index in [1.165, 1.54) is 6.07 Å². The van der Waals surface area contributed by atoms with Crippen molar-refractivity contribution in [2.75, 3.05) is 13.1 Å². The number of hydrogen-bond donors (Lipinski definition) is 1. The van der Waals surface area contributed by atoms with Gasteiger partial charge in [-0.2, -0.15) is 0 Å². The average molecular weight is 391 g/mol. The van der Waals surface area contributed by atoms with Crippen molar-refractivity contribution in [2.45, 2.75) is 38.8 Å². The molecule has 0 bridgehead atoms. The number of rotatable bonds is 7. The molecule has 1 heterocycles. The molecule has 3 rings (SSSR count). The second-order valence-corrected chi connectivity index (χ2v) is 7.06. The van der Waals surface area contributed by atoms with Gasteiger partial charge in [0.25, 0.3) is 0 Å². The third-order valence-corrected chi connectivity index (χ3v) is 5.11. The number of piperidine rings is 1. The smallest absolute Gasteiger partial charge is 0.223 e. The summed E-state index contributed by atoms with van der Waals surface area (Å²) >= 11 is 0. The van der Waals surface area contributed by atoms with E-state index in [0.717, 1.165) is 37.9 Å². The summed E-state index contributed by atoms with van der Waals surface area (Å²) < 4.78 is 14.1. The van der Waals surface area contributed by atoms with Crippen molar-refractivity contribution >= 4 is 18.3 Å². The molecule has 0 radical (unpaired) electrons. The maximum absolute atomic E-state index is 14.1. The third-order valence-electron chi connectivity index (χ3n) is 5.11. The van der Waals surface area contributed by atoms with Crippen LogP contribution in [0, 0.1) is 11.7 Å². The molecule has 27 heavy (non-hydrogen) atoms. The molecule has 0 unspecified atom stereocenters. The van der Waals surface area contributed by atoms with Gasteiger partial charge in [-0.15, -0.1) is 12.4 Å². The molecule has 1 amide bonds. The van der Waals surface area contributed by atoms with Crippen LogP contribution < -0.4 is 5.32 Å². The van der Waals surface area contributed by atoms with Crippen molar-refractivity contribution in [2.24, 2.45) is 5.92 Å². The second kappa shape index (κ2) is 11.1. The third kappa shape index (κ3) is 6.64. The predicted octanol–water partition coefficient (Wildman–Crippen LogP) is 4.56. The summed E-state index contributed by atoms with van der Waals surface area (Å²) in [6.07, 6.45) is 3.73. The normalized spacial score (nSPS) is 14.4. The monoisotopic (exact) mass is 390 g/mol. The van der Waals surface area contributed by atoms with E-state index in [0.29, 0.717) is 31.0 Å². The number of halogens is 2. The highest BCUT2D eigenvalue weighted by Gasteiger charge is 2.19. The van der Waals surface area contributed by atoms with Gasteiger partial charge in [-0.1, -0.05) is 48.5 Å². The maximum Gasteiger partial charge on any atom is 0.223 e. The highest BCUT2D eigenvalue weighted by molar-refractivity contribution is 5.85. The Morgan fingerprint density at radius 1 is 1.00 bits per heavy atom. The minimum absolute atomic E-state index is 0. The zero-order valence-electron chi connectivity index (χ0n) is 15.6. The summed E-state index contributed by atoms with van der Waals surface area (Å²) in [6.45, 7) is 2.91. The Morgan fingerprint density at radius 3 is 2.37 bits per heavy atom. The van der Waals surface area contributed by atoms with Crippen molar-refractivity contribution in [3.8, 4) is 0 Å². The predicted molar refractivity (Wildman–Crippen MR) is 109 cm³/mol. The van der Waals surface area contributed by atoms with E-state index in [1.54, 1.807) is 17.0 Å². The molecular formula is C22H28ClFN2O. The topological polar surface area (TPSA) is 32.3 Å². The standard InChI is InChI=1S/C22H27FN2O.ClH/c23-21-9-5-4-8-20(21)17-25(16-19-6-2-1-3-7-19)22(26)11-10-18-12-14-24-15-13-18;/h1-9,18,24H,10-17H2;1H. The highest BCUT2D eigenvalue weighted by Crippen LogP contribution is 2.20. The first-order chi connectivity index (χ1) is 12.7. The number of nitrogens with zero attached hydrogens (tertiary/aromatic N) is 1. The van der Waals surface area contributed by atoms with E-state index in [9.17, 15) is 9.18 Å². The summed E-state index contributed by atoms with van der Waals surface area (Å²) in [4.78, 5) is 14.7. The van der Waals surface area contributed by atoms with Gasteiger partial charge in [0, 0.05) is 25.1 Å². The largest absolute Gasteiger partial charge is 0.334 e. The summed E-state index contributed by atoms with van der Waals surface area (Å²) in [6, 6.07) is 16.6. The summed E-state index contributed by atoms with van der Waals surface area (Å²) in [5.41, 5.74) is 1.64. The lowest BCUT2D eigenvalue weighted by atomic mass is 9.93. The summed E-state index contributed by atoms with van der Waals surface area (Å²) in [5.74, 6) is 0.472. The molecule has 5 heteroatoms. The fourth-order valence-corrected chi connectivity index (χ4v) is 3.52. The zero-order valence-corrected chi connectivity index (χ0v) is 16.4. The number of nitrogens with one attached hydrogen (secondary N) is 1. The van der Waals surface area contributed by atoms with Gasteiger partial charge in [0.05, 0.1) is 0 Å². The van der Waals surface area contributed by atoms with Crippen LogP contribution in [0.15, 0.2) is 54.6 Å². The van der Waals surface area contributed by atoms with Crippen LogP contribution in [0.3, 0.4) is 0 Å². The van der Waals surface area contributed by atoms with Crippen molar-refractivity contribution in [3.63, 3.8) is 0 Å². The van der Waals surface area contributed by atoms with E-state index in [1.807, 2.05) is 36.4 Å². The molecule has 1 saturated heterocycles. The van der Waals surface area contributed by atoms with Crippen LogP contribution in [-0.4, -0.2) is 23.9 Å². The Balaban J connectivity index is 0.00000261. The van der Waals surface area contributed by atoms with Crippen LogP contribution in [0.4, 0.5) is 4.39 Å². The van der Waals surface area contributed by atoms with Gasteiger partial charge in [-0.3, -0.25) is 4.79 Å². The molecule has 146 valence electrons. The van der Waals surface area contributed by atoms with Crippen LogP contribution in [0.25, 0.3) is 0 Å². The number of carbonyl (C=O) groups is 1. The van der Waals surface area contributed by atoms with E-state index < -0.39 is 0 Å². The average Bonchev–Trinajstić information content (AvgIpc) is 2.69. The van der Waals surface area contributed by atoms with Crippen LogP contribution in [0.5, 0.6) is 0 Å². The van der Waals surface area contributed by atoms with E-state index >= 15 is 0 Å². The summed E-state index contributed by atoms with van der Waals surface area (Å²) in [5, 5.41) is 3.36. The summed E-state index contributed by atoms with van der Waals surface area (Å²) in [7, 11) is 0. The molecule has 1 aliphatic heterocycles. The van der Waals surface area contributed by atoms with Gasteiger partial charge in [0.1, 0.15) is 5.82 Å². The fraction of sp³-hybridized carbons (Fsp3) is 0.409. The molecule has 1 aliphatic rings. The molecule has 0 aliphatic carbocycles. The first-order valence-electron chi connectivity index (χ1n) is 9.48. The number of benzene rings is 2. The van der Waals surface area contributed by atoms with Crippen LogP contribution in [0.1, 0.15) is 36.8 Å². The number of carbonyl (C=O) groups excluding carboxylic acids is 1. The molecule has 0 saturated carbocycles. The quantitative estimate of drug-likeness (QED) is 0.751. The Bertz CT molecular complexity index is 704. The van der Waals surface area contributed by atoms with Gasteiger partial charge in [0.2, 0.25) is 5.91 Å². The van der Waals surface area contributed by atoms with E-state index in [2.05, 4.69) is 5.32 Å². The van der Waals surface area contributed by atoms with Gasteiger partial charge in [-0.25, -0.2) is 4.39 Å². The molecule has 0 aromatic heterocycles. The molecule has 3 nitrogen and oxygen atoms in total. The Morgan fingerprint density at radius 2 is 1.67 bits per heavy atom. The molecule has 1 fully saturated rings. The van der Waals surface area contributed by atoms with Gasteiger partial charge >= 0.3 is 0 Å². The zero-order chi connectivity index (χ0) is 18.2. The van der Waals surface area contributed by atoms with Crippen molar-refractivity contribution in [1.29, 1.82) is 0 Å². The number of amides is 1. The molecule has 2 aromatic rings. The van der Waals surface area contributed by atoms with Crippen molar-refractivity contribution < 1.29 is 9.18 Å². The molecule has 2 aromatic carbocycles. The lowest BCUT2D eigenvalue weighted by molar-refractivity contribution is -0.132. The highest BCUT2D eigenvalue weighted by atomic mass is 35.5. The number of hydrogen-bond acceptors (Lipinski definition) is 2.